The van der Waals surface area contributed by atoms with Gasteiger partial charge in [-0.2, -0.15) is 0 Å². The van der Waals surface area contributed by atoms with Crippen LogP contribution in [0.25, 0.3) is 0 Å². The maximum absolute atomic E-state index is 14.3. The van der Waals surface area contributed by atoms with Crippen molar-refractivity contribution in [3.63, 3.8) is 0 Å². The van der Waals surface area contributed by atoms with E-state index in [0.717, 1.165) is 19.3 Å². The van der Waals surface area contributed by atoms with Crippen LogP contribution in [0.1, 0.15) is 29.6 Å². The van der Waals surface area contributed by atoms with Gasteiger partial charge in [-0.05, 0) is 42.7 Å². The average molecular weight is 309 g/mol. The third-order valence-electron chi connectivity index (χ3n) is 3.72. The lowest BCUT2D eigenvalue weighted by molar-refractivity contribution is -0.234. The molecule has 5 nitrogen and oxygen atoms in total. The molecule has 2 unspecified atom stereocenters. The molecule has 2 atom stereocenters. The molecule has 22 heavy (non-hydrogen) atoms. The third-order valence-corrected chi connectivity index (χ3v) is 3.72. The van der Waals surface area contributed by atoms with Crippen molar-refractivity contribution < 1.29 is 18.4 Å². The van der Waals surface area contributed by atoms with Crippen molar-refractivity contribution in [1.82, 2.24) is 15.6 Å². The zero-order valence-corrected chi connectivity index (χ0v) is 11.9. The average Bonchev–Trinajstić information content (AvgIpc) is 2.89. The normalized spacial score (nSPS) is 25.5. The van der Waals surface area contributed by atoms with Gasteiger partial charge >= 0.3 is 0 Å². The van der Waals surface area contributed by atoms with E-state index in [2.05, 4.69) is 5.32 Å². The number of carbonyl (C=O) groups is 1. The van der Waals surface area contributed by atoms with Crippen LogP contribution < -0.4 is 5.32 Å². The number of carbonyl (C=O) groups excluding carboxylic acids is 1. The number of hydrogen-bond acceptors (Lipinski definition) is 4. The monoisotopic (exact) mass is 309 g/mol. The van der Waals surface area contributed by atoms with E-state index < -0.39 is 17.9 Å². The second kappa shape index (κ2) is 6.41. The first-order valence-corrected chi connectivity index (χ1v) is 7.25. The molecule has 118 valence electrons. The summed E-state index contributed by atoms with van der Waals surface area (Å²) in [4.78, 5) is 12.0. The number of amides is 1. The first-order valence-electron chi connectivity index (χ1n) is 7.25. The van der Waals surface area contributed by atoms with Gasteiger partial charge in [0.2, 0.25) is 0 Å². The number of nitrogens with one attached hydrogen (secondary N) is 1. The zero-order valence-electron chi connectivity index (χ0n) is 11.9. The van der Waals surface area contributed by atoms with Crippen LogP contribution in [0.15, 0.2) is 36.5 Å². The van der Waals surface area contributed by atoms with Gasteiger partial charge in [0.1, 0.15) is 12.0 Å². The molecule has 3 rings (SSSR count). The number of ether oxygens (including phenoxy) is 1. The molecular formula is C15H17F2N3O2. The summed E-state index contributed by atoms with van der Waals surface area (Å²) in [6.07, 6.45) is 4.34. The van der Waals surface area contributed by atoms with Crippen LogP contribution in [0.2, 0.25) is 0 Å². The van der Waals surface area contributed by atoms with Crippen molar-refractivity contribution in [1.29, 1.82) is 0 Å². The van der Waals surface area contributed by atoms with Gasteiger partial charge in [-0.3, -0.25) is 9.80 Å². The Bertz CT molecular complexity index is 576. The molecule has 1 aromatic rings. The number of rotatable bonds is 3. The molecule has 2 aliphatic rings. The molecule has 0 saturated carbocycles. The largest absolute Gasteiger partial charge is 0.357 e. The standard InChI is InChI=1S/C15H17F2N3O2/c16-12-6-2-1-5-11(12)15(21)18-13-8-9-19(20(13)17)14-7-3-4-10-22-14/h1-2,5-6,8-9,13-14H,3-4,7,10H2,(H,18,21). The summed E-state index contributed by atoms with van der Waals surface area (Å²) in [5, 5.41) is 4.15. The Labute approximate surface area is 127 Å². The second-order valence-corrected chi connectivity index (χ2v) is 5.23. The summed E-state index contributed by atoms with van der Waals surface area (Å²) in [5.41, 5.74) is -0.114. The molecule has 0 bridgehead atoms. The van der Waals surface area contributed by atoms with Gasteiger partial charge in [-0.15, -0.1) is 4.48 Å². The maximum Gasteiger partial charge on any atom is 0.255 e. The SMILES string of the molecule is O=C(NC1C=CN(C2CCCCO2)N1F)c1ccccc1F. The van der Waals surface area contributed by atoms with Crippen molar-refractivity contribution in [2.24, 2.45) is 0 Å². The van der Waals surface area contributed by atoms with E-state index in [1.54, 1.807) is 6.07 Å². The molecule has 1 aromatic carbocycles. The zero-order chi connectivity index (χ0) is 15.5. The van der Waals surface area contributed by atoms with Crippen molar-refractivity contribution in [3.8, 4) is 0 Å². The van der Waals surface area contributed by atoms with Gasteiger partial charge in [0.15, 0.2) is 6.17 Å². The predicted octanol–water partition coefficient (Wildman–Crippen LogP) is 2.34. The number of benzene rings is 1. The van der Waals surface area contributed by atoms with E-state index in [4.69, 9.17) is 4.74 Å². The topological polar surface area (TPSA) is 44.8 Å². The Morgan fingerprint density at radius 1 is 1.32 bits per heavy atom. The minimum absolute atomic E-state index is 0.114. The van der Waals surface area contributed by atoms with Crippen LogP contribution in [0, 0.1) is 5.82 Å². The maximum atomic E-state index is 14.3. The van der Waals surface area contributed by atoms with Crippen molar-refractivity contribution in [3.05, 3.63) is 47.9 Å². The van der Waals surface area contributed by atoms with Gasteiger partial charge in [0, 0.05) is 12.8 Å². The molecule has 1 saturated heterocycles. The van der Waals surface area contributed by atoms with Gasteiger partial charge in [-0.1, -0.05) is 12.1 Å². The highest BCUT2D eigenvalue weighted by molar-refractivity contribution is 5.94. The highest BCUT2D eigenvalue weighted by Gasteiger charge is 2.34. The number of hydrazine groups is 1. The fourth-order valence-corrected chi connectivity index (χ4v) is 2.56. The lowest BCUT2D eigenvalue weighted by Crippen LogP contribution is -2.49. The first kappa shape index (κ1) is 14.9. The molecule has 0 aromatic heterocycles. The van der Waals surface area contributed by atoms with E-state index in [-0.39, 0.29) is 11.8 Å². The summed E-state index contributed by atoms with van der Waals surface area (Å²) in [7, 11) is 0. The Kier molecular flexibility index (Phi) is 4.35. The molecular weight excluding hydrogens is 292 g/mol. The lowest BCUT2D eigenvalue weighted by atomic mass is 10.2. The van der Waals surface area contributed by atoms with Crippen molar-refractivity contribution in [2.45, 2.75) is 31.7 Å². The minimum atomic E-state index is -0.974. The molecule has 2 aliphatic heterocycles. The summed E-state index contributed by atoms with van der Waals surface area (Å²) in [5.74, 6) is -1.30. The van der Waals surface area contributed by atoms with Gasteiger partial charge < -0.3 is 10.1 Å². The summed E-state index contributed by atoms with van der Waals surface area (Å²) < 4.78 is 33.4. The van der Waals surface area contributed by atoms with E-state index in [9.17, 15) is 13.7 Å². The number of halogens is 2. The van der Waals surface area contributed by atoms with Crippen molar-refractivity contribution in [2.75, 3.05) is 6.61 Å². The highest BCUT2D eigenvalue weighted by Crippen LogP contribution is 2.24. The molecule has 2 heterocycles. The third kappa shape index (κ3) is 2.95. The van der Waals surface area contributed by atoms with Crippen LogP contribution in [-0.4, -0.2) is 35.1 Å². The van der Waals surface area contributed by atoms with E-state index in [1.165, 1.54) is 35.5 Å². The highest BCUT2D eigenvalue weighted by atomic mass is 19.2. The molecule has 0 spiro atoms. The Balaban J connectivity index is 1.63. The fraction of sp³-hybridized carbons (Fsp3) is 0.400. The Hall–Kier alpha value is -1.99. The Morgan fingerprint density at radius 3 is 2.86 bits per heavy atom. The molecule has 1 amide bonds. The van der Waals surface area contributed by atoms with Crippen LogP contribution in [0.4, 0.5) is 8.87 Å². The lowest BCUT2D eigenvalue weighted by Gasteiger charge is -2.34. The summed E-state index contributed by atoms with van der Waals surface area (Å²) in [6, 6.07) is 5.59. The van der Waals surface area contributed by atoms with E-state index in [0.29, 0.717) is 11.8 Å². The van der Waals surface area contributed by atoms with Crippen LogP contribution in [-0.2, 0) is 4.74 Å². The molecule has 1 fully saturated rings. The number of nitrogens with zero attached hydrogens (tertiary/aromatic N) is 2. The number of hydrogen-bond donors (Lipinski definition) is 1. The summed E-state index contributed by atoms with van der Waals surface area (Å²) in [6.45, 7) is 0.592. The van der Waals surface area contributed by atoms with Crippen molar-refractivity contribution >= 4 is 5.91 Å². The molecule has 0 radical (unpaired) electrons. The fourth-order valence-electron chi connectivity index (χ4n) is 2.56. The van der Waals surface area contributed by atoms with Gasteiger partial charge in [0.05, 0.1) is 5.56 Å². The smallest absolute Gasteiger partial charge is 0.255 e. The van der Waals surface area contributed by atoms with Gasteiger partial charge in [0.25, 0.3) is 5.91 Å². The molecule has 7 heteroatoms. The minimum Gasteiger partial charge on any atom is -0.357 e. The molecule has 0 aliphatic carbocycles. The van der Waals surface area contributed by atoms with E-state index >= 15 is 0 Å². The first-order chi connectivity index (χ1) is 10.7. The Morgan fingerprint density at radius 2 is 2.14 bits per heavy atom. The molecule has 1 N–H and O–H groups in total. The van der Waals surface area contributed by atoms with E-state index in [1.807, 2.05) is 0 Å². The van der Waals surface area contributed by atoms with Crippen LogP contribution in [0.5, 0.6) is 0 Å². The predicted molar refractivity (Wildman–Crippen MR) is 75.2 cm³/mol. The summed E-state index contributed by atoms with van der Waals surface area (Å²) >= 11 is 0. The van der Waals surface area contributed by atoms with Gasteiger partial charge in [-0.25, -0.2) is 4.39 Å². The second-order valence-electron chi connectivity index (χ2n) is 5.23. The van der Waals surface area contributed by atoms with Crippen LogP contribution in [0.3, 0.4) is 0 Å². The van der Waals surface area contributed by atoms with Crippen LogP contribution >= 0.6 is 0 Å². The quantitative estimate of drug-likeness (QED) is 0.871.